The van der Waals surface area contributed by atoms with E-state index in [1.54, 1.807) is 12.4 Å². The highest BCUT2D eigenvalue weighted by Gasteiger charge is 2.46. The molecular weight excluding hydrogens is 526 g/mol. The fraction of sp³-hybridized carbons (Fsp3) is 0.708. The highest BCUT2D eigenvalue weighted by Crippen LogP contribution is 2.43. The van der Waals surface area contributed by atoms with Crippen LogP contribution >= 0.6 is 0 Å². The number of rotatable bonds is 5. The summed E-state index contributed by atoms with van der Waals surface area (Å²) in [5.41, 5.74) is 0.132. The number of carboxylic acid groups (broad SMARTS) is 2. The van der Waals surface area contributed by atoms with Crippen LogP contribution in [0.15, 0.2) is 24.5 Å². The van der Waals surface area contributed by atoms with Crippen LogP contribution in [0.1, 0.15) is 51.4 Å². The van der Waals surface area contributed by atoms with E-state index in [0.29, 0.717) is 5.92 Å². The van der Waals surface area contributed by atoms with Gasteiger partial charge < -0.3 is 24.6 Å². The molecule has 0 aromatic carbocycles. The summed E-state index contributed by atoms with van der Waals surface area (Å²) in [6, 6.07) is 4.76. The number of likely N-dealkylation sites (tertiary alicyclic amines) is 1. The lowest BCUT2D eigenvalue weighted by Crippen LogP contribution is -2.50. The predicted molar refractivity (Wildman–Crippen MR) is 122 cm³/mol. The van der Waals surface area contributed by atoms with Crippen molar-refractivity contribution in [3.8, 4) is 5.75 Å². The number of piperidine rings is 1. The molecule has 3 fully saturated rings. The molecule has 0 radical (unpaired) electrons. The first-order valence-electron chi connectivity index (χ1n) is 12.3. The van der Waals surface area contributed by atoms with E-state index in [1.807, 2.05) is 12.1 Å². The Labute approximate surface area is 215 Å². The first-order chi connectivity index (χ1) is 17.7. The summed E-state index contributed by atoms with van der Waals surface area (Å²) in [5.74, 6) is -3.98. The number of aliphatic carboxylic acids is 2. The molecule has 1 unspecified atom stereocenters. The topological polar surface area (TPSA) is 109 Å². The van der Waals surface area contributed by atoms with E-state index in [9.17, 15) is 26.3 Å². The maximum absolute atomic E-state index is 10.6. The Bertz CT molecular complexity index is 845. The first kappa shape index (κ1) is 31.6. The SMILES string of the molecule is O=C(O)C(F)(F)F.O=C(O)C(F)(F)F.c1cncc(OCCC2CCOC23CCN(C2CCCC2)CC3)c1. The summed E-state index contributed by atoms with van der Waals surface area (Å²) in [5, 5.41) is 14.2. The summed E-state index contributed by atoms with van der Waals surface area (Å²) >= 11 is 0. The van der Waals surface area contributed by atoms with Crippen molar-refractivity contribution in [2.75, 3.05) is 26.3 Å². The predicted octanol–water partition coefficient (Wildman–Crippen LogP) is 4.93. The standard InChI is InChI=1S/C20H30N2O2.2C2HF3O2/c1-2-5-18(4-1)22-12-9-20(10-13-22)17(8-15-24-20)7-14-23-19-6-3-11-21-16-19;2*3-2(4,5)1(6)7/h3,6,11,16-18H,1-2,4-5,7-10,12-15H2;2*(H,6,7). The number of hydrogen-bond donors (Lipinski definition) is 2. The van der Waals surface area contributed by atoms with E-state index in [-0.39, 0.29) is 5.60 Å². The van der Waals surface area contributed by atoms with Gasteiger partial charge in [0.25, 0.3) is 0 Å². The molecule has 3 heterocycles. The Morgan fingerprint density at radius 3 is 2.05 bits per heavy atom. The molecule has 4 rings (SSSR count). The molecule has 1 spiro atoms. The van der Waals surface area contributed by atoms with Gasteiger partial charge in [-0.25, -0.2) is 9.59 Å². The lowest BCUT2D eigenvalue weighted by molar-refractivity contribution is -0.193. The molecule has 2 N–H and O–H groups in total. The molecule has 1 atom stereocenters. The number of halogens is 6. The summed E-state index contributed by atoms with van der Waals surface area (Å²) in [7, 11) is 0. The molecule has 1 saturated carbocycles. The average Bonchev–Trinajstić information content (AvgIpc) is 3.51. The second kappa shape index (κ2) is 14.0. The number of nitrogens with zero attached hydrogens (tertiary/aromatic N) is 2. The van der Waals surface area contributed by atoms with E-state index in [4.69, 9.17) is 29.3 Å². The molecule has 1 aliphatic carbocycles. The Morgan fingerprint density at radius 1 is 1.03 bits per heavy atom. The van der Waals surface area contributed by atoms with Gasteiger partial charge in [-0.3, -0.25) is 4.98 Å². The lowest BCUT2D eigenvalue weighted by atomic mass is 9.78. The summed E-state index contributed by atoms with van der Waals surface area (Å²) < 4.78 is 75.7. The number of alkyl halides is 6. The van der Waals surface area contributed by atoms with Gasteiger partial charge in [-0.15, -0.1) is 0 Å². The fourth-order valence-corrected chi connectivity index (χ4v) is 5.03. The molecule has 1 aromatic heterocycles. The van der Waals surface area contributed by atoms with Crippen LogP contribution in [0.5, 0.6) is 5.75 Å². The van der Waals surface area contributed by atoms with Crippen molar-refractivity contribution >= 4 is 11.9 Å². The van der Waals surface area contributed by atoms with Crippen molar-refractivity contribution in [3.63, 3.8) is 0 Å². The zero-order chi connectivity index (χ0) is 28.4. The molecule has 1 aromatic rings. The Balaban J connectivity index is 0.000000301. The van der Waals surface area contributed by atoms with Gasteiger partial charge in [-0.2, -0.15) is 26.3 Å². The zero-order valence-corrected chi connectivity index (χ0v) is 20.6. The van der Waals surface area contributed by atoms with Crippen molar-refractivity contribution in [1.29, 1.82) is 0 Å². The summed E-state index contributed by atoms with van der Waals surface area (Å²) in [6.45, 7) is 4.16. The lowest BCUT2D eigenvalue weighted by Gasteiger charge is -2.44. The minimum absolute atomic E-state index is 0.132. The molecule has 2 saturated heterocycles. The molecule has 216 valence electrons. The summed E-state index contributed by atoms with van der Waals surface area (Å²) in [6.07, 6.45) is 3.80. The Hall–Kier alpha value is -2.61. The number of carbonyl (C=O) groups is 2. The molecule has 3 aliphatic rings. The fourth-order valence-electron chi connectivity index (χ4n) is 5.03. The second-order valence-electron chi connectivity index (χ2n) is 9.30. The van der Waals surface area contributed by atoms with E-state index in [2.05, 4.69) is 9.88 Å². The minimum Gasteiger partial charge on any atom is -0.492 e. The Kier molecular flexibility index (Phi) is 11.6. The number of aromatic nitrogens is 1. The Morgan fingerprint density at radius 2 is 1.58 bits per heavy atom. The molecule has 8 nitrogen and oxygen atoms in total. The van der Waals surface area contributed by atoms with Gasteiger partial charge in [0, 0.05) is 31.9 Å². The van der Waals surface area contributed by atoms with Crippen molar-refractivity contribution < 1.29 is 55.6 Å². The maximum atomic E-state index is 10.6. The minimum atomic E-state index is -5.08. The second-order valence-corrected chi connectivity index (χ2v) is 9.30. The van der Waals surface area contributed by atoms with E-state index in [1.165, 1.54) is 58.0 Å². The van der Waals surface area contributed by atoms with Crippen LogP contribution in [-0.2, 0) is 14.3 Å². The van der Waals surface area contributed by atoms with Gasteiger partial charge in [-0.05, 0) is 56.6 Å². The van der Waals surface area contributed by atoms with Gasteiger partial charge >= 0.3 is 24.3 Å². The molecule has 14 heteroatoms. The first-order valence-corrected chi connectivity index (χ1v) is 12.3. The normalized spacial score (nSPS) is 21.7. The van der Waals surface area contributed by atoms with Crippen LogP contribution in [0.3, 0.4) is 0 Å². The molecular formula is C24H32F6N2O6. The van der Waals surface area contributed by atoms with Gasteiger partial charge in [0.2, 0.25) is 0 Å². The van der Waals surface area contributed by atoms with Crippen LogP contribution in [0, 0.1) is 5.92 Å². The van der Waals surface area contributed by atoms with Gasteiger partial charge in [0.15, 0.2) is 0 Å². The van der Waals surface area contributed by atoms with E-state index >= 15 is 0 Å². The smallest absolute Gasteiger partial charge is 0.490 e. The largest absolute Gasteiger partial charge is 0.492 e. The number of pyridine rings is 1. The highest BCUT2D eigenvalue weighted by molar-refractivity contribution is 5.73. The quantitative estimate of drug-likeness (QED) is 0.490. The molecule has 0 bridgehead atoms. The molecule has 2 aliphatic heterocycles. The molecule has 0 amide bonds. The van der Waals surface area contributed by atoms with Crippen LogP contribution < -0.4 is 4.74 Å². The number of hydrogen-bond acceptors (Lipinski definition) is 6. The summed E-state index contributed by atoms with van der Waals surface area (Å²) in [4.78, 5) is 24.6. The van der Waals surface area contributed by atoms with Crippen molar-refractivity contribution in [2.24, 2.45) is 5.92 Å². The van der Waals surface area contributed by atoms with Crippen LogP contribution in [-0.4, -0.2) is 82.3 Å². The van der Waals surface area contributed by atoms with Crippen molar-refractivity contribution in [3.05, 3.63) is 24.5 Å². The third kappa shape index (κ3) is 9.93. The van der Waals surface area contributed by atoms with Crippen LogP contribution in [0.25, 0.3) is 0 Å². The van der Waals surface area contributed by atoms with Gasteiger partial charge in [-0.1, -0.05) is 12.8 Å². The van der Waals surface area contributed by atoms with Crippen molar-refractivity contribution in [2.45, 2.75) is 75.4 Å². The van der Waals surface area contributed by atoms with Crippen LogP contribution in [0.4, 0.5) is 26.3 Å². The third-order valence-electron chi connectivity index (χ3n) is 6.94. The zero-order valence-electron chi connectivity index (χ0n) is 20.6. The number of ether oxygens (including phenoxy) is 2. The molecule has 38 heavy (non-hydrogen) atoms. The monoisotopic (exact) mass is 558 g/mol. The van der Waals surface area contributed by atoms with Gasteiger partial charge in [0.05, 0.1) is 18.4 Å². The van der Waals surface area contributed by atoms with E-state index < -0.39 is 24.3 Å². The van der Waals surface area contributed by atoms with Gasteiger partial charge in [0.1, 0.15) is 5.75 Å². The maximum Gasteiger partial charge on any atom is 0.490 e. The highest BCUT2D eigenvalue weighted by atomic mass is 19.4. The van der Waals surface area contributed by atoms with E-state index in [0.717, 1.165) is 31.4 Å². The average molecular weight is 559 g/mol. The van der Waals surface area contributed by atoms with Crippen molar-refractivity contribution in [1.82, 2.24) is 9.88 Å². The van der Waals surface area contributed by atoms with Crippen LogP contribution in [0.2, 0.25) is 0 Å². The number of carboxylic acids is 2. The third-order valence-corrected chi connectivity index (χ3v) is 6.94.